The third kappa shape index (κ3) is 3.64. The Hall–Kier alpha value is -2.64. The van der Waals surface area contributed by atoms with E-state index in [4.69, 9.17) is 28.9 Å². The van der Waals surface area contributed by atoms with Crippen molar-refractivity contribution in [1.82, 2.24) is 15.0 Å². The molecule has 4 N–H and O–H groups in total. The molecule has 2 heterocycles. The Morgan fingerprint density at radius 2 is 1.71 bits per heavy atom. The van der Waals surface area contributed by atoms with Gasteiger partial charge in [0.25, 0.3) is 0 Å². The van der Waals surface area contributed by atoms with Gasteiger partial charge in [0, 0.05) is 11.9 Å². The SMILES string of the molecule is Nc1c(Nc2ccc(F)c(Cl)c2)ncnc1Nc1ccc(Cl)cn1. The second-order valence-electron chi connectivity index (χ2n) is 4.73. The van der Waals surface area contributed by atoms with Gasteiger partial charge in [0.05, 0.1) is 10.0 Å². The third-order valence-corrected chi connectivity index (χ3v) is 3.55. The highest BCUT2D eigenvalue weighted by Crippen LogP contribution is 2.29. The number of nitrogen functional groups attached to an aromatic ring is 1. The van der Waals surface area contributed by atoms with E-state index in [1.165, 1.54) is 30.7 Å². The van der Waals surface area contributed by atoms with Crippen molar-refractivity contribution in [3.8, 4) is 0 Å². The number of halogens is 3. The predicted molar refractivity (Wildman–Crippen MR) is 93.7 cm³/mol. The summed E-state index contributed by atoms with van der Waals surface area (Å²) in [6, 6.07) is 7.59. The Morgan fingerprint density at radius 3 is 2.38 bits per heavy atom. The maximum Gasteiger partial charge on any atom is 0.160 e. The lowest BCUT2D eigenvalue weighted by atomic mass is 10.3. The summed E-state index contributed by atoms with van der Waals surface area (Å²) in [6.07, 6.45) is 2.84. The van der Waals surface area contributed by atoms with Crippen molar-refractivity contribution in [3.05, 3.63) is 58.7 Å². The molecule has 3 rings (SSSR count). The molecule has 122 valence electrons. The molecule has 0 bridgehead atoms. The second-order valence-corrected chi connectivity index (χ2v) is 5.57. The number of pyridine rings is 1. The summed E-state index contributed by atoms with van der Waals surface area (Å²) in [5, 5.41) is 6.46. The molecule has 2 aromatic heterocycles. The number of hydrogen-bond acceptors (Lipinski definition) is 6. The third-order valence-electron chi connectivity index (χ3n) is 3.04. The molecule has 0 saturated heterocycles. The first kappa shape index (κ1) is 16.2. The maximum atomic E-state index is 13.2. The van der Waals surface area contributed by atoms with Crippen LogP contribution in [0.3, 0.4) is 0 Å². The molecule has 1 aromatic carbocycles. The highest BCUT2D eigenvalue weighted by atomic mass is 35.5. The van der Waals surface area contributed by atoms with Crippen LogP contribution in [0.15, 0.2) is 42.9 Å². The van der Waals surface area contributed by atoms with Gasteiger partial charge in [-0.1, -0.05) is 23.2 Å². The van der Waals surface area contributed by atoms with Crippen LogP contribution in [0.4, 0.5) is 33.2 Å². The van der Waals surface area contributed by atoms with E-state index in [1.54, 1.807) is 12.1 Å². The Bertz CT molecular complexity index is 872. The molecular weight excluding hydrogens is 354 g/mol. The molecule has 0 aliphatic heterocycles. The van der Waals surface area contributed by atoms with Gasteiger partial charge in [-0.25, -0.2) is 19.3 Å². The number of benzene rings is 1. The van der Waals surface area contributed by atoms with E-state index in [0.717, 1.165) is 0 Å². The first-order valence-corrected chi connectivity index (χ1v) is 7.49. The molecule has 0 fully saturated rings. The van der Waals surface area contributed by atoms with E-state index in [9.17, 15) is 4.39 Å². The van der Waals surface area contributed by atoms with Gasteiger partial charge in [-0.05, 0) is 30.3 Å². The van der Waals surface area contributed by atoms with Gasteiger partial charge in [0.15, 0.2) is 11.6 Å². The summed E-state index contributed by atoms with van der Waals surface area (Å²) in [7, 11) is 0. The standard InChI is InChI=1S/C15H11Cl2FN6/c16-8-1-4-12(20-6-8)24-15-13(19)14(21-7-22-15)23-9-2-3-11(18)10(17)5-9/h1-7H,19H2,(H2,20,21,22,23,24). The van der Waals surface area contributed by atoms with Gasteiger partial charge in [0.2, 0.25) is 0 Å². The Morgan fingerprint density at radius 1 is 0.958 bits per heavy atom. The Kier molecular flexibility index (Phi) is 4.64. The molecule has 24 heavy (non-hydrogen) atoms. The molecule has 0 spiro atoms. The summed E-state index contributed by atoms with van der Waals surface area (Å²) < 4.78 is 13.2. The van der Waals surface area contributed by atoms with Crippen molar-refractivity contribution in [3.63, 3.8) is 0 Å². The summed E-state index contributed by atoms with van der Waals surface area (Å²) in [6.45, 7) is 0. The molecular formula is C15H11Cl2FN6. The highest BCUT2D eigenvalue weighted by Gasteiger charge is 2.10. The molecule has 0 radical (unpaired) electrons. The van der Waals surface area contributed by atoms with Gasteiger partial charge in [-0.15, -0.1) is 0 Å². The topological polar surface area (TPSA) is 88.8 Å². The average molecular weight is 365 g/mol. The zero-order valence-electron chi connectivity index (χ0n) is 12.1. The van der Waals surface area contributed by atoms with E-state index >= 15 is 0 Å². The molecule has 0 atom stereocenters. The van der Waals surface area contributed by atoms with Crippen LogP contribution in [0.2, 0.25) is 10.0 Å². The molecule has 0 aliphatic carbocycles. The zero-order valence-corrected chi connectivity index (χ0v) is 13.6. The number of rotatable bonds is 4. The summed E-state index contributed by atoms with van der Waals surface area (Å²) >= 11 is 11.6. The number of nitrogens with zero attached hydrogens (tertiary/aromatic N) is 3. The average Bonchev–Trinajstić information content (AvgIpc) is 2.57. The molecule has 0 unspecified atom stereocenters. The summed E-state index contributed by atoms with van der Waals surface area (Å²) in [5.74, 6) is 0.745. The van der Waals surface area contributed by atoms with Gasteiger partial charge in [0.1, 0.15) is 23.6 Å². The molecule has 6 nitrogen and oxygen atoms in total. The van der Waals surface area contributed by atoms with Gasteiger partial charge in [-0.3, -0.25) is 0 Å². The van der Waals surface area contributed by atoms with Gasteiger partial charge < -0.3 is 16.4 Å². The fourth-order valence-corrected chi connectivity index (χ4v) is 2.17. The van der Waals surface area contributed by atoms with E-state index in [-0.39, 0.29) is 10.7 Å². The van der Waals surface area contributed by atoms with Crippen molar-refractivity contribution >= 4 is 52.0 Å². The molecule has 0 saturated carbocycles. The van der Waals surface area contributed by atoms with Gasteiger partial charge in [-0.2, -0.15) is 0 Å². The van der Waals surface area contributed by atoms with Crippen LogP contribution in [-0.4, -0.2) is 15.0 Å². The lowest BCUT2D eigenvalue weighted by Crippen LogP contribution is -2.05. The van der Waals surface area contributed by atoms with Crippen molar-refractivity contribution in [2.24, 2.45) is 0 Å². The zero-order chi connectivity index (χ0) is 17.1. The largest absolute Gasteiger partial charge is 0.393 e. The number of anilines is 5. The lowest BCUT2D eigenvalue weighted by Gasteiger charge is -2.12. The lowest BCUT2D eigenvalue weighted by molar-refractivity contribution is 0.628. The maximum absolute atomic E-state index is 13.2. The van der Waals surface area contributed by atoms with Gasteiger partial charge >= 0.3 is 0 Å². The summed E-state index contributed by atoms with van der Waals surface area (Å²) in [4.78, 5) is 12.3. The number of aromatic nitrogens is 3. The highest BCUT2D eigenvalue weighted by molar-refractivity contribution is 6.31. The molecule has 0 amide bonds. The molecule has 9 heteroatoms. The van der Waals surface area contributed by atoms with Crippen LogP contribution in [0.5, 0.6) is 0 Å². The fourth-order valence-electron chi connectivity index (χ4n) is 1.88. The number of nitrogens with one attached hydrogen (secondary N) is 2. The van der Waals surface area contributed by atoms with Crippen LogP contribution in [0.1, 0.15) is 0 Å². The minimum atomic E-state index is -0.506. The van der Waals surface area contributed by atoms with Crippen LogP contribution in [0, 0.1) is 5.82 Å². The quantitative estimate of drug-likeness (QED) is 0.636. The number of nitrogens with two attached hydrogens (primary N) is 1. The normalized spacial score (nSPS) is 10.5. The minimum Gasteiger partial charge on any atom is -0.393 e. The van der Waals surface area contributed by atoms with Crippen LogP contribution < -0.4 is 16.4 Å². The van der Waals surface area contributed by atoms with E-state index in [1.807, 2.05) is 0 Å². The summed E-state index contributed by atoms with van der Waals surface area (Å²) in [5.41, 5.74) is 6.88. The van der Waals surface area contributed by atoms with E-state index < -0.39 is 5.82 Å². The first-order valence-electron chi connectivity index (χ1n) is 6.74. The van der Waals surface area contributed by atoms with Crippen LogP contribution in [0.25, 0.3) is 0 Å². The monoisotopic (exact) mass is 364 g/mol. The predicted octanol–water partition coefficient (Wildman–Crippen LogP) is 4.39. The minimum absolute atomic E-state index is 0.00339. The van der Waals surface area contributed by atoms with Crippen LogP contribution in [-0.2, 0) is 0 Å². The van der Waals surface area contributed by atoms with Crippen molar-refractivity contribution in [2.45, 2.75) is 0 Å². The first-order chi connectivity index (χ1) is 11.5. The Labute approximate surface area is 146 Å². The van der Waals surface area contributed by atoms with E-state index in [0.29, 0.717) is 28.2 Å². The number of hydrogen-bond donors (Lipinski definition) is 3. The molecule has 0 aliphatic rings. The smallest absolute Gasteiger partial charge is 0.160 e. The van der Waals surface area contributed by atoms with Crippen molar-refractivity contribution in [1.29, 1.82) is 0 Å². The Balaban J connectivity index is 1.84. The van der Waals surface area contributed by atoms with Crippen molar-refractivity contribution < 1.29 is 4.39 Å². The molecule has 3 aromatic rings. The van der Waals surface area contributed by atoms with E-state index in [2.05, 4.69) is 25.6 Å². The second kappa shape index (κ2) is 6.86. The van der Waals surface area contributed by atoms with Crippen molar-refractivity contribution in [2.75, 3.05) is 16.4 Å². The van der Waals surface area contributed by atoms with Crippen LogP contribution >= 0.6 is 23.2 Å². The fraction of sp³-hybridized carbons (Fsp3) is 0.